The second kappa shape index (κ2) is 6.95. The molecule has 0 radical (unpaired) electrons. The van der Waals surface area contributed by atoms with Gasteiger partial charge in [-0.1, -0.05) is 0 Å². The van der Waals surface area contributed by atoms with Crippen molar-refractivity contribution in [2.45, 2.75) is 25.7 Å². The normalized spacial score (nSPS) is 10.1. The first-order valence-electron chi connectivity index (χ1n) is 5.43. The van der Waals surface area contributed by atoms with Crippen LogP contribution >= 0.6 is 0 Å². The quantitative estimate of drug-likeness (QED) is 0.544. The zero-order chi connectivity index (χ0) is 11.8. The number of unbranched alkanes of at least 4 members (excludes halogenated alkanes) is 1. The molecule has 4 nitrogen and oxygen atoms in total. The van der Waals surface area contributed by atoms with E-state index in [0.29, 0.717) is 6.42 Å². The van der Waals surface area contributed by atoms with Crippen LogP contribution in [-0.2, 0) is 16.1 Å². The average Bonchev–Trinajstić information content (AvgIpc) is 2.34. The molecule has 0 saturated carbocycles. The SMILES string of the molecule is CON(C)C(=O)CCCCc1ccncc1. The Hall–Kier alpha value is -1.42. The second-order valence-electron chi connectivity index (χ2n) is 3.64. The van der Waals surface area contributed by atoms with Gasteiger partial charge in [-0.2, -0.15) is 0 Å². The van der Waals surface area contributed by atoms with Gasteiger partial charge in [0, 0.05) is 25.9 Å². The van der Waals surface area contributed by atoms with E-state index in [1.807, 2.05) is 12.1 Å². The summed E-state index contributed by atoms with van der Waals surface area (Å²) in [5, 5.41) is 1.27. The number of amides is 1. The summed E-state index contributed by atoms with van der Waals surface area (Å²) < 4.78 is 0. The van der Waals surface area contributed by atoms with Crippen LogP contribution in [0.2, 0.25) is 0 Å². The van der Waals surface area contributed by atoms with E-state index in [1.54, 1.807) is 19.4 Å². The van der Waals surface area contributed by atoms with Crippen LogP contribution in [0.1, 0.15) is 24.8 Å². The molecule has 0 fully saturated rings. The Morgan fingerprint density at radius 3 is 2.69 bits per heavy atom. The summed E-state index contributed by atoms with van der Waals surface area (Å²) in [6, 6.07) is 4.01. The van der Waals surface area contributed by atoms with Crippen LogP contribution in [0.15, 0.2) is 24.5 Å². The number of carbonyl (C=O) groups excluding carboxylic acids is 1. The molecule has 0 unspecified atom stereocenters. The number of nitrogens with zero attached hydrogens (tertiary/aromatic N) is 2. The van der Waals surface area contributed by atoms with E-state index in [1.165, 1.54) is 17.7 Å². The molecule has 0 atom stereocenters. The summed E-state index contributed by atoms with van der Waals surface area (Å²) in [7, 11) is 3.13. The number of aryl methyl sites for hydroxylation is 1. The predicted molar refractivity (Wildman–Crippen MR) is 61.6 cm³/mol. The first kappa shape index (κ1) is 12.6. The molecule has 1 heterocycles. The Bertz CT molecular complexity index is 314. The lowest BCUT2D eigenvalue weighted by atomic mass is 10.1. The zero-order valence-electron chi connectivity index (χ0n) is 9.85. The fourth-order valence-corrected chi connectivity index (χ4v) is 1.41. The topological polar surface area (TPSA) is 42.4 Å². The highest BCUT2D eigenvalue weighted by atomic mass is 16.7. The monoisotopic (exact) mass is 222 g/mol. The van der Waals surface area contributed by atoms with E-state index in [-0.39, 0.29) is 5.91 Å². The number of pyridine rings is 1. The van der Waals surface area contributed by atoms with E-state index in [4.69, 9.17) is 4.84 Å². The van der Waals surface area contributed by atoms with E-state index in [9.17, 15) is 4.79 Å². The fourth-order valence-electron chi connectivity index (χ4n) is 1.41. The Labute approximate surface area is 96.2 Å². The van der Waals surface area contributed by atoms with Gasteiger partial charge >= 0.3 is 0 Å². The van der Waals surface area contributed by atoms with E-state index in [2.05, 4.69) is 4.98 Å². The summed E-state index contributed by atoms with van der Waals surface area (Å²) in [6.07, 6.45) is 7.00. The fraction of sp³-hybridized carbons (Fsp3) is 0.500. The van der Waals surface area contributed by atoms with E-state index in [0.717, 1.165) is 19.3 Å². The molecule has 0 aliphatic heterocycles. The number of rotatable bonds is 6. The van der Waals surface area contributed by atoms with E-state index < -0.39 is 0 Å². The summed E-state index contributed by atoms with van der Waals surface area (Å²) in [4.78, 5) is 20.1. The Balaban J connectivity index is 2.15. The van der Waals surface area contributed by atoms with Crippen LogP contribution in [0.5, 0.6) is 0 Å². The van der Waals surface area contributed by atoms with Crippen molar-refractivity contribution in [3.8, 4) is 0 Å². The van der Waals surface area contributed by atoms with Gasteiger partial charge in [-0.3, -0.25) is 14.6 Å². The molecule has 0 aliphatic carbocycles. The van der Waals surface area contributed by atoms with Crippen molar-refractivity contribution in [1.29, 1.82) is 0 Å². The molecule has 88 valence electrons. The molecule has 4 heteroatoms. The molecule has 0 aliphatic rings. The molecular formula is C12H18N2O2. The Morgan fingerprint density at radius 1 is 1.38 bits per heavy atom. The Kier molecular flexibility index (Phi) is 5.50. The van der Waals surface area contributed by atoms with Crippen molar-refractivity contribution in [1.82, 2.24) is 10.0 Å². The van der Waals surface area contributed by atoms with Crippen molar-refractivity contribution >= 4 is 5.91 Å². The summed E-state index contributed by atoms with van der Waals surface area (Å²) in [5.74, 6) is 0.0252. The van der Waals surface area contributed by atoms with Crippen molar-refractivity contribution in [3.63, 3.8) is 0 Å². The molecular weight excluding hydrogens is 204 g/mol. The van der Waals surface area contributed by atoms with Crippen molar-refractivity contribution in [2.75, 3.05) is 14.2 Å². The minimum Gasteiger partial charge on any atom is -0.275 e. The number of hydroxylamine groups is 2. The van der Waals surface area contributed by atoms with Gasteiger partial charge in [0.2, 0.25) is 5.91 Å². The number of carbonyl (C=O) groups is 1. The van der Waals surface area contributed by atoms with Crippen LogP contribution in [0.25, 0.3) is 0 Å². The maximum Gasteiger partial charge on any atom is 0.245 e. The van der Waals surface area contributed by atoms with Crippen molar-refractivity contribution < 1.29 is 9.63 Å². The minimum atomic E-state index is 0.0252. The van der Waals surface area contributed by atoms with Gasteiger partial charge in [0.25, 0.3) is 0 Å². The third kappa shape index (κ3) is 4.40. The third-order valence-electron chi connectivity index (χ3n) is 2.48. The van der Waals surface area contributed by atoms with Gasteiger partial charge in [-0.05, 0) is 37.0 Å². The molecule has 0 N–H and O–H groups in total. The van der Waals surface area contributed by atoms with Crippen molar-refractivity contribution in [3.05, 3.63) is 30.1 Å². The van der Waals surface area contributed by atoms with Gasteiger partial charge < -0.3 is 0 Å². The second-order valence-corrected chi connectivity index (χ2v) is 3.64. The molecule has 0 saturated heterocycles. The average molecular weight is 222 g/mol. The first-order valence-corrected chi connectivity index (χ1v) is 5.43. The highest BCUT2D eigenvalue weighted by Crippen LogP contribution is 2.06. The van der Waals surface area contributed by atoms with Gasteiger partial charge in [-0.25, -0.2) is 5.06 Å². The van der Waals surface area contributed by atoms with Crippen LogP contribution in [0.4, 0.5) is 0 Å². The van der Waals surface area contributed by atoms with Crippen LogP contribution in [0.3, 0.4) is 0 Å². The third-order valence-corrected chi connectivity index (χ3v) is 2.48. The standard InChI is InChI=1S/C12H18N2O2/c1-14(16-2)12(15)6-4-3-5-11-7-9-13-10-8-11/h7-10H,3-6H2,1-2H3. The van der Waals surface area contributed by atoms with Crippen LogP contribution in [-0.4, -0.2) is 30.1 Å². The maximum absolute atomic E-state index is 11.4. The zero-order valence-corrected chi connectivity index (χ0v) is 9.85. The lowest BCUT2D eigenvalue weighted by Crippen LogP contribution is -2.24. The molecule has 1 rings (SSSR count). The lowest BCUT2D eigenvalue weighted by Gasteiger charge is -2.12. The largest absolute Gasteiger partial charge is 0.275 e. The summed E-state index contributed by atoms with van der Waals surface area (Å²) in [6.45, 7) is 0. The van der Waals surface area contributed by atoms with Crippen LogP contribution in [0, 0.1) is 0 Å². The van der Waals surface area contributed by atoms with Crippen LogP contribution < -0.4 is 0 Å². The predicted octanol–water partition coefficient (Wildman–Crippen LogP) is 1.81. The lowest BCUT2D eigenvalue weighted by molar-refractivity contribution is -0.168. The molecule has 16 heavy (non-hydrogen) atoms. The maximum atomic E-state index is 11.4. The summed E-state index contributed by atoms with van der Waals surface area (Å²) in [5.41, 5.74) is 1.27. The highest BCUT2D eigenvalue weighted by Gasteiger charge is 2.06. The molecule has 0 aromatic carbocycles. The summed E-state index contributed by atoms with van der Waals surface area (Å²) >= 11 is 0. The molecule has 0 spiro atoms. The smallest absolute Gasteiger partial charge is 0.245 e. The molecule has 1 aromatic rings. The van der Waals surface area contributed by atoms with Gasteiger partial charge in [0.1, 0.15) is 0 Å². The molecule has 1 amide bonds. The van der Waals surface area contributed by atoms with Gasteiger partial charge in [0.05, 0.1) is 7.11 Å². The van der Waals surface area contributed by atoms with Gasteiger partial charge in [-0.15, -0.1) is 0 Å². The highest BCUT2D eigenvalue weighted by molar-refractivity contribution is 5.74. The van der Waals surface area contributed by atoms with E-state index >= 15 is 0 Å². The number of aromatic nitrogens is 1. The van der Waals surface area contributed by atoms with Gasteiger partial charge in [0.15, 0.2) is 0 Å². The molecule has 0 bridgehead atoms. The minimum absolute atomic E-state index is 0.0252. The first-order chi connectivity index (χ1) is 7.74. The molecule has 1 aromatic heterocycles. The Morgan fingerprint density at radius 2 is 2.06 bits per heavy atom. The number of hydrogen-bond donors (Lipinski definition) is 0. The number of hydrogen-bond acceptors (Lipinski definition) is 3. The van der Waals surface area contributed by atoms with Crippen molar-refractivity contribution in [2.24, 2.45) is 0 Å².